The first-order valence-electron chi connectivity index (χ1n) is 11.1. The summed E-state index contributed by atoms with van der Waals surface area (Å²) in [5.74, 6) is -1.39. The maximum atomic E-state index is 13.5. The summed E-state index contributed by atoms with van der Waals surface area (Å²) in [6.07, 6.45) is 1.91. The molecule has 2 unspecified atom stereocenters. The third-order valence-corrected chi connectivity index (χ3v) is 7.58. The van der Waals surface area contributed by atoms with Gasteiger partial charge in [0.15, 0.2) is 0 Å². The van der Waals surface area contributed by atoms with E-state index in [2.05, 4.69) is 4.99 Å². The van der Waals surface area contributed by atoms with Crippen LogP contribution in [0.2, 0.25) is 10.0 Å². The van der Waals surface area contributed by atoms with Crippen molar-refractivity contribution in [1.29, 1.82) is 0 Å². The number of hydrogen-bond acceptors (Lipinski definition) is 5. The molecule has 3 heterocycles. The second-order valence-corrected chi connectivity index (χ2v) is 9.81. The molecule has 0 saturated carbocycles. The number of hydrogen-bond donors (Lipinski definition) is 1. The van der Waals surface area contributed by atoms with Crippen molar-refractivity contribution in [3.8, 4) is 0 Å². The zero-order valence-electron chi connectivity index (χ0n) is 19.3. The third kappa shape index (κ3) is 4.40. The summed E-state index contributed by atoms with van der Waals surface area (Å²) in [6.45, 7) is 4.59. The van der Waals surface area contributed by atoms with Crippen molar-refractivity contribution in [2.24, 2.45) is 16.8 Å². The van der Waals surface area contributed by atoms with Gasteiger partial charge in [0.25, 0.3) is 11.8 Å². The Hall–Kier alpha value is -2.26. The molecule has 1 N–H and O–H groups in total. The van der Waals surface area contributed by atoms with E-state index in [9.17, 15) is 14.4 Å². The lowest BCUT2D eigenvalue weighted by molar-refractivity contribution is -0.144. The van der Waals surface area contributed by atoms with E-state index in [1.165, 1.54) is 0 Å². The molecule has 182 valence electrons. The van der Waals surface area contributed by atoms with Crippen molar-refractivity contribution >= 4 is 46.6 Å². The zero-order valence-corrected chi connectivity index (χ0v) is 20.8. The minimum absolute atomic E-state index is 0.0457. The van der Waals surface area contributed by atoms with Gasteiger partial charge < -0.3 is 19.6 Å². The largest absolute Gasteiger partial charge is 0.387 e. The fraction of sp³-hybridized carbons (Fsp3) is 0.500. The van der Waals surface area contributed by atoms with Gasteiger partial charge in [0.05, 0.1) is 22.6 Å². The van der Waals surface area contributed by atoms with E-state index < -0.39 is 18.6 Å². The number of carbonyl (C=O) groups is 3. The quantitative estimate of drug-likeness (QED) is 0.637. The lowest BCUT2D eigenvalue weighted by Crippen LogP contribution is -2.53. The second kappa shape index (κ2) is 9.77. The molecule has 3 aliphatic heterocycles. The number of fused-ring (bicyclic) bond motifs is 1. The lowest BCUT2D eigenvalue weighted by Gasteiger charge is -2.43. The highest BCUT2D eigenvalue weighted by Gasteiger charge is 2.40. The summed E-state index contributed by atoms with van der Waals surface area (Å²) in [5.41, 5.74) is 3.15. The molecule has 2 atom stereocenters. The predicted molar refractivity (Wildman–Crippen MR) is 128 cm³/mol. The van der Waals surface area contributed by atoms with Gasteiger partial charge in [0.2, 0.25) is 5.91 Å². The minimum Gasteiger partial charge on any atom is -0.387 e. The maximum Gasteiger partial charge on any atom is 0.255 e. The molecule has 1 aromatic carbocycles. The van der Waals surface area contributed by atoms with Crippen molar-refractivity contribution in [2.45, 2.75) is 26.4 Å². The number of likely N-dealkylation sites (tertiary alicyclic amines) is 1. The number of halogens is 2. The molecule has 0 aliphatic carbocycles. The molecule has 3 aliphatic rings. The van der Waals surface area contributed by atoms with Crippen LogP contribution in [0.5, 0.6) is 0 Å². The molecular formula is C24H27Cl2N3O5. The number of aliphatic hydroxyl groups is 1. The summed E-state index contributed by atoms with van der Waals surface area (Å²) < 4.78 is 5.72. The summed E-state index contributed by atoms with van der Waals surface area (Å²) >= 11 is 13.4. The molecule has 0 spiro atoms. The first-order chi connectivity index (χ1) is 16.2. The van der Waals surface area contributed by atoms with E-state index in [1.54, 1.807) is 29.9 Å². The fourth-order valence-corrected chi connectivity index (χ4v) is 5.63. The van der Waals surface area contributed by atoms with Crippen LogP contribution in [0.15, 0.2) is 22.7 Å². The minimum atomic E-state index is -0.539. The average Bonchev–Trinajstić information content (AvgIpc) is 2.76. The lowest BCUT2D eigenvalue weighted by atomic mass is 9.86. The molecule has 3 amide bonds. The topological polar surface area (TPSA) is 99.5 Å². The molecule has 8 nitrogen and oxygen atoms in total. The molecule has 34 heavy (non-hydrogen) atoms. The Kier molecular flexibility index (Phi) is 7.14. The SMILES string of the molecule is COC(c1cc(Cl)c2c(c1Cl)C(=O)N(CC1C(=O)N=C(C)C=C1C)CC2)C1CN(C(=O)CO)C1. The smallest absolute Gasteiger partial charge is 0.255 e. The molecule has 1 saturated heterocycles. The maximum absolute atomic E-state index is 13.5. The van der Waals surface area contributed by atoms with Crippen LogP contribution in [-0.4, -0.2) is 78.2 Å². The monoisotopic (exact) mass is 507 g/mol. The van der Waals surface area contributed by atoms with Crippen LogP contribution < -0.4 is 0 Å². The molecule has 1 fully saturated rings. The number of dihydropyridines is 1. The van der Waals surface area contributed by atoms with Crippen molar-refractivity contribution < 1.29 is 24.2 Å². The van der Waals surface area contributed by atoms with Crippen LogP contribution in [0.4, 0.5) is 0 Å². The Morgan fingerprint density at radius 3 is 2.62 bits per heavy atom. The van der Waals surface area contributed by atoms with Gasteiger partial charge >= 0.3 is 0 Å². The van der Waals surface area contributed by atoms with Crippen LogP contribution >= 0.6 is 23.2 Å². The van der Waals surface area contributed by atoms with Crippen LogP contribution in [0.25, 0.3) is 0 Å². The number of carbonyl (C=O) groups excluding carboxylic acids is 3. The Morgan fingerprint density at radius 1 is 1.29 bits per heavy atom. The van der Waals surface area contributed by atoms with Crippen molar-refractivity contribution in [3.63, 3.8) is 0 Å². The molecule has 4 rings (SSSR count). The van der Waals surface area contributed by atoms with E-state index in [4.69, 9.17) is 33.0 Å². The van der Waals surface area contributed by atoms with Crippen LogP contribution in [0, 0.1) is 11.8 Å². The molecule has 0 aromatic heterocycles. The first-order valence-corrected chi connectivity index (χ1v) is 11.9. The number of allylic oxidation sites excluding steroid dienone is 1. The van der Waals surface area contributed by atoms with Crippen LogP contribution in [0.3, 0.4) is 0 Å². The normalized spacial score (nSPS) is 21.6. The van der Waals surface area contributed by atoms with Gasteiger partial charge in [-0.05, 0) is 38.0 Å². The number of rotatable bonds is 6. The third-order valence-electron chi connectivity index (χ3n) is 6.84. The van der Waals surface area contributed by atoms with Gasteiger partial charge in [-0.1, -0.05) is 28.8 Å². The number of methoxy groups -OCH3 is 1. The van der Waals surface area contributed by atoms with E-state index in [1.807, 2.05) is 13.0 Å². The molecule has 0 radical (unpaired) electrons. The molecule has 1 aromatic rings. The first kappa shape index (κ1) is 24.9. The van der Waals surface area contributed by atoms with Gasteiger partial charge in [-0.3, -0.25) is 14.4 Å². The van der Waals surface area contributed by atoms with Gasteiger partial charge in [-0.15, -0.1) is 0 Å². The van der Waals surface area contributed by atoms with Crippen molar-refractivity contribution in [3.05, 3.63) is 44.5 Å². The Morgan fingerprint density at radius 2 is 2.00 bits per heavy atom. The number of benzene rings is 1. The standard InChI is InChI=1S/C24H27Cl2N3O5/c1-12-6-13(2)27-23(32)17(12)10-28-5-4-15-18(25)7-16(21(26)20(15)24(28)33)22(34-3)14-8-29(9-14)19(31)11-30/h6-7,14,17,22,30H,4-5,8-11H2,1-3H3. The van der Waals surface area contributed by atoms with Gasteiger partial charge in [0, 0.05) is 55.5 Å². The Balaban J connectivity index is 1.60. The fourth-order valence-electron chi connectivity index (χ4n) is 4.97. The highest BCUT2D eigenvalue weighted by molar-refractivity contribution is 6.37. The Bertz CT molecular complexity index is 1110. The van der Waals surface area contributed by atoms with Gasteiger partial charge in [-0.2, -0.15) is 0 Å². The summed E-state index contributed by atoms with van der Waals surface area (Å²) in [6, 6.07) is 1.74. The van der Waals surface area contributed by atoms with E-state index >= 15 is 0 Å². The molecule has 10 heteroatoms. The summed E-state index contributed by atoms with van der Waals surface area (Å²) in [4.78, 5) is 44.9. The molecule has 0 bridgehead atoms. The van der Waals surface area contributed by atoms with Crippen molar-refractivity contribution in [2.75, 3.05) is 39.9 Å². The van der Waals surface area contributed by atoms with E-state index in [0.717, 1.165) is 5.57 Å². The highest BCUT2D eigenvalue weighted by atomic mass is 35.5. The highest BCUT2D eigenvalue weighted by Crippen LogP contribution is 2.42. The number of nitrogens with zero attached hydrogens (tertiary/aromatic N) is 3. The second-order valence-electron chi connectivity index (χ2n) is 9.02. The summed E-state index contributed by atoms with van der Waals surface area (Å²) in [7, 11) is 1.55. The number of aliphatic hydroxyl groups excluding tert-OH is 1. The van der Waals surface area contributed by atoms with Gasteiger partial charge in [0.1, 0.15) is 6.61 Å². The predicted octanol–water partition coefficient (Wildman–Crippen LogP) is 2.69. The van der Waals surface area contributed by atoms with Crippen LogP contribution in [-0.2, 0) is 20.7 Å². The number of aliphatic imine (C=N–C) groups is 1. The van der Waals surface area contributed by atoms with E-state index in [-0.39, 0.29) is 35.2 Å². The zero-order chi connectivity index (χ0) is 24.7. The molecular weight excluding hydrogens is 481 g/mol. The van der Waals surface area contributed by atoms with Gasteiger partial charge in [-0.25, -0.2) is 4.99 Å². The van der Waals surface area contributed by atoms with Crippen LogP contribution in [0.1, 0.15) is 41.4 Å². The average molecular weight is 508 g/mol. The van der Waals surface area contributed by atoms with Crippen molar-refractivity contribution in [1.82, 2.24) is 9.80 Å². The number of amides is 3. The summed E-state index contributed by atoms with van der Waals surface area (Å²) in [5, 5.41) is 9.79. The van der Waals surface area contributed by atoms with E-state index in [0.29, 0.717) is 53.5 Å². The number of ether oxygens (including phenoxy) is 1. The Labute approximate surface area is 208 Å².